The van der Waals surface area contributed by atoms with Crippen molar-refractivity contribution in [1.29, 1.82) is 0 Å². The Morgan fingerprint density at radius 2 is 2.21 bits per heavy atom. The molecule has 0 N–H and O–H groups in total. The Bertz CT molecular complexity index is 242. The SMILES string of the molecule is CC1CCOP(=O)(OCC(Cl)(Cl)Cl)O1. The molecule has 0 aromatic carbocycles. The average Bonchev–Trinajstić information content (AvgIpc) is 1.99. The molecule has 1 heterocycles. The van der Waals surface area contributed by atoms with E-state index < -0.39 is 11.6 Å². The van der Waals surface area contributed by atoms with E-state index in [2.05, 4.69) is 0 Å². The highest BCUT2D eigenvalue weighted by Crippen LogP contribution is 2.54. The molecule has 8 heteroatoms. The third kappa shape index (κ3) is 4.67. The van der Waals surface area contributed by atoms with E-state index in [1.165, 1.54) is 0 Å². The number of alkyl halides is 3. The molecule has 0 aliphatic carbocycles. The number of halogens is 3. The summed E-state index contributed by atoms with van der Waals surface area (Å²) in [5.74, 6) is 0. The first kappa shape index (κ1) is 13.0. The molecule has 1 saturated heterocycles. The van der Waals surface area contributed by atoms with Crippen molar-refractivity contribution in [1.82, 2.24) is 0 Å². The van der Waals surface area contributed by atoms with Crippen LogP contribution in [0.5, 0.6) is 0 Å². The summed E-state index contributed by atoms with van der Waals surface area (Å²) in [5.41, 5.74) is 0. The number of hydrogen-bond donors (Lipinski definition) is 0. The van der Waals surface area contributed by atoms with Crippen molar-refractivity contribution in [2.24, 2.45) is 0 Å². The number of rotatable bonds is 2. The lowest BCUT2D eigenvalue weighted by Gasteiger charge is -2.27. The van der Waals surface area contributed by atoms with Gasteiger partial charge in [-0.25, -0.2) is 4.57 Å². The topological polar surface area (TPSA) is 44.8 Å². The molecule has 1 rings (SSSR count). The Morgan fingerprint density at radius 1 is 1.57 bits per heavy atom. The molecule has 0 bridgehead atoms. The fourth-order valence-corrected chi connectivity index (χ4v) is 2.67. The van der Waals surface area contributed by atoms with Gasteiger partial charge in [0.15, 0.2) is 0 Å². The standard InChI is InChI=1S/C6H10Cl3O4P/c1-5-2-3-11-14(10,13-5)12-4-6(7,8)9/h5H,2-4H2,1H3. The molecule has 1 fully saturated rings. The Morgan fingerprint density at radius 3 is 2.71 bits per heavy atom. The van der Waals surface area contributed by atoms with Crippen LogP contribution in [0, 0.1) is 0 Å². The van der Waals surface area contributed by atoms with Crippen molar-refractivity contribution >= 4 is 42.6 Å². The highest BCUT2D eigenvalue weighted by Gasteiger charge is 2.36. The first-order chi connectivity index (χ1) is 6.31. The van der Waals surface area contributed by atoms with E-state index in [0.717, 1.165) is 0 Å². The molecule has 84 valence electrons. The van der Waals surface area contributed by atoms with Crippen LogP contribution >= 0.6 is 42.6 Å². The highest BCUT2D eigenvalue weighted by molar-refractivity contribution is 7.48. The molecule has 0 amide bonds. The molecule has 0 aromatic rings. The van der Waals surface area contributed by atoms with Crippen molar-refractivity contribution in [3.63, 3.8) is 0 Å². The molecule has 14 heavy (non-hydrogen) atoms. The fraction of sp³-hybridized carbons (Fsp3) is 1.00. The van der Waals surface area contributed by atoms with Crippen molar-refractivity contribution in [2.45, 2.75) is 23.2 Å². The summed E-state index contributed by atoms with van der Waals surface area (Å²) in [6, 6.07) is 0. The monoisotopic (exact) mass is 282 g/mol. The van der Waals surface area contributed by atoms with Crippen LogP contribution in [-0.2, 0) is 18.1 Å². The predicted molar refractivity (Wildman–Crippen MR) is 55.0 cm³/mol. The quantitative estimate of drug-likeness (QED) is 0.576. The zero-order valence-corrected chi connectivity index (χ0v) is 10.6. The third-order valence-electron chi connectivity index (χ3n) is 1.47. The van der Waals surface area contributed by atoms with E-state index in [-0.39, 0.29) is 12.7 Å². The molecule has 0 aromatic heterocycles. The Hall–Kier alpha value is 0.980. The number of phosphoric ester groups is 1. The molecule has 0 radical (unpaired) electrons. The summed E-state index contributed by atoms with van der Waals surface area (Å²) in [7, 11) is -3.52. The van der Waals surface area contributed by atoms with Crippen LogP contribution in [-0.4, -0.2) is 23.1 Å². The smallest absolute Gasteiger partial charge is 0.287 e. The van der Waals surface area contributed by atoms with Crippen molar-refractivity contribution < 1.29 is 18.1 Å². The molecule has 1 aliphatic rings. The summed E-state index contributed by atoms with van der Waals surface area (Å²) in [5, 5.41) is 0. The average molecular weight is 283 g/mol. The van der Waals surface area contributed by atoms with Crippen LogP contribution in [0.2, 0.25) is 0 Å². The zero-order chi connectivity index (χ0) is 10.8. The van der Waals surface area contributed by atoms with Crippen LogP contribution in [0.4, 0.5) is 0 Å². The Labute approximate surface area is 97.4 Å². The summed E-state index contributed by atoms with van der Waals surface area (Å²) in [4.78, 5) is 0. The molecular formula is C6H10Cl3O4P. The predicted octanol–water partition coefficient (Wildman–Crippen LogP) is 3.31. The summed E-state index contributed by atoms with van der Waals surface area (Å²) < 4.78 is 24.7. The summed E-state index contributed by atoms with van der Waals surface area (Å²) in [6.07, 6.45) is 0.492. The van der Waals surface area contributed by atoms with E-state index in [1.54, 1.807) is 6.92 Å². The van der Waals surface area contributed by atoms with Crippen LogP contribution in [0.3, 0.4) is 0 Å². The van der Waals surface area contributed by atoms with E-state index in [0.29, 0.717) is 13.0 Å². The van der Waals surface area contributed by atoms with Gasteiger partial charge in [-0.1, -0.05) is 34.8 Å². The maximum Gasteiger partial charge on any atom is 0.475 e. The molecular weight excluding hydrogens is 273 g/mol. The second-order valence-corrected chi connectivity index (χ2v) is 7.01. The van der Waals surface area contributed by atoms with Gasteiger partial charge >= 0.3 is 7.82 Å². The van der Waals surface area contributed by atoms with Gasteiger partial charge < -0.3 is 0 Å². The molecule has 4 nitrogen and oxygen atoms in total. The molecule has 0 saturated carbocycles. The van der Waals surface area contributed by atoms with E-state index >= 15 is 0 Å². The maximum absolute atomic E-state index is 11.6. The highest BCUT2D eigenvalue weighted by atomic mass is 35.6. The second-order valence-electron chi connectivity index (χ2n) is 2.87. The third-order valence-corrected chi connectivity index (χ3v) is 3.36. The van der Waals surface area contributed by atoms with Gasteiger partial charge in [-0.2, -0.15) is 0 Å². The van der Waals surface area contributed by atoms with Crippen molar-refractivity contribution in [3.05, 3.63) is 0 Å². The van der Waals surface area contributed by atoms with Crippen molar-refractivity contribution in [3.8, 4) is 0 Å². The minimum Gasteiger partial charge on any atom is -0.287 e. The lowest BCUT2D eigenvalue weighted by atomic mass is 10.3. The fourth-order valence-electron chi connectivity index (χ4n) is 0.854. The minimum atomic E-state index is -3.52. The van der Waals surface area contributed by atoms with Gasteiger partial charge in [0.1, 0.15) is 6.61 Å². The normalized spacial score (nSPS) is 34.4. The van der Waals surface area contributed by atoms with Gasteiger partial charge in [0.25, 0.3) is 0 Å². The Kier molecular flexibility index (Phi) is 4.54. The van der Waals surface area contributed by atoms with Crippen LogP contribution in [0.15, 0.2) is 0 Å². The summed E-state index contributed by atoms with van der Waals surface area (Å²) in [6.45, 7) is 1.76. The van der Waals surface area contributed by atoms with Crippen molar-refractivity contribution in [2.75, 3.05) is 13.2 Å². The van der Waals surface area contributed by atoms with Gasteiger partial charge in [0, 0.05) is 0 Å². The maximum atomic E-state index is 11.6. The Balaban J connectivity index is 2.45. The number of hydrogen-bond acceptors (Lipinski definition) is 4. The van der Waals surface area contributed by atoms with E-state index in [4.69, 9.17) is 48.4 Å². The molecule has 2 unspecified atom stereocenters. The minimum absolute atomic E-state index is 0.176. The first-order valence-electron chi connectivity index (χ1n) is 3.95. The lowest BCUT2D eigenvalue weighted by molar-refractivity contribution is 0.0378. The molecule has 0 spiro atoms. The lowest BCUT2D eigenvalue weighted by Crippen LogP contribution is -2.21. The van der Waals surface area contributed by atoms with Crippen LogP contribution in [0.1, 0.15) is 13.3 Å². The van der Waals surface area contributed by atoms with Gasteiger partial charge in [0.2, 0.25) is 3.79 Å². The van der Waals surface area contributed by atoms with Gasteiger partial charge in [-0.05, 0) is 13.3 Å². The van der Waals surface area contributed by atoms with Crippen LogP contribution < -0.4 is 0 Å². The summed E-state index contributed by atoms with van der Waals surface area (Å²) >= 11 is 16.3. The van der Waals surface area contributed by atoms with Gasteiger partial charge in [-0.15, -0.1) is 0 Å². The van der Waals surface area contributed by atoms with Crippen LogP contribution in [0.25, 0.3) is 0 Å². The molecule has 1 aliphatic heterocycles. The van der Waals surface area contributed by atoms with Gasteiger partial charge in [0.05, 0.1) is 12.7 Å². The van der Waals surface area contributed by atoms with E-state index in [1.807, 2.05) is 0 Å². The first-order valence-corrected chi connectivity index (χ1v) is 6.54. The largest absolute Gasteiger partial charge is 0.475 e. The second kappa shape index (κ2) is 4.88. The van der Waals surface area contributed by atoms with Gasteiger partial charge in [-0.3, -0.25) is 13.6 Å². The van der Waals surface area contributed by atoms with E-state index in [9.17, 15) is 4.57 Å². The number of phosphoric acid groups is 1. The molecule has 2 atom stereocenters. The zero-order valence-electron chi connectivity index (χ0n) is 7.41.